The quantitative estimate of drug-likeness (QED) is 0.790. The minimum atomic E-state index is -0.984. The van der Waals surface area contributed by atoms with E-state index in [0.29, 0.717) is 5.82 Å². The molecule has 80 valence electrons. The third-order valence-electron chi connectivity index (χ3n) is 2.76. The standard InChI is InChI=1S/C11H14N2O2/c14-11(15)9-5-2-6-10(13-9)12-7-8-3-1-4-8/h2,5-6,8H,1,3-4,7H2,(H,12,13)(H,14,15). The molecule has 0 radical (unpaired) electrons. The van der Waals surface area contributed by atoms with Crippen LogP contribution in [0.4, 0.5) is 5.82 Å². The topological polar surface area (TPSA) is 62.2 Å². The van der Waals surface area contributed by atoms with Crippen LogP contribution >= 0.6 is 0 Å². The fourth-order valence-corrected chi connectivity index (χ4v) is 1.60. The molecule has 1 aromatic heterocycles. The van der Waals surface area contributed by atoms with Crippen molar-refractivity contribution in [3.63, 3.8) is 0 Å². The summed E-state index contributed by atoms with van der Waals surface area (Å²) in [5.41, 5.74) is 0.0913. The van der Waals surface area contributed by atoms with Gasteiger partial charge in [-0.25, -0.2) is 9.78 Å². The van der Waals surface area contributed by atoms with Gasteiger partial charge in [0.1, 0.15) is 5.82 Å². The van der Waals surface area contributed by atoms with Crippen LogP contribution in [-0.4, -0.2) is 22.6 Å². The lowest BCUT2D eigenvalue weighted by molar-refractivity contribution is 0.0690. The van der Waals surface area contributed by atoms with E-state index in [-0.39, 0.29) is 5.69 Å². The van der Waals surface area contributed by atoms with Gasteiger partial charge < -0.3 is 10.4 Å². The van der Waals surface area contributed by atoms with Gasteiger partial charge in [0.25, 0.3) is 0 Å². The molecule has 1 fully saturated rings. The lowest BCUT2D eigenvalue weighted by atomic mass is 9.85. The molecule has 0 amide bonds. The van der Waals surface area contributed by atoms with Gasteiger partial charge in [-0.2, -0.15) is 0 Å². The highest BCUT2D eigenvalue weighted by atomic mass is 16.4. The largest absolute Gasteiger partial charge is 0.477 e. The predicted octanol–water partition coefficient (Wildman–Crippen LogP) is 1.99. The number of nitrogens with one attached hydrogen (secondary N) is 1. The maximum atomic E-state index is 10.7. The number of carboxylic acid groups (broad SMARTS) is 1. The number of carbonyl (C=O) groups is 1. The first-order chi connectivity index (χ1) is 7.25. The van der Waals surface area contributed by atoms with Gasteiger partial charge in [-0.1, -0.05) is 12.5 Å². The van der Waals surface area contributed by atoms with Crippen LogP contribution in [0.5, 0.6) is 0 Å². The van der Waals surface area contributed by atoms with Crippen molar-refractivity contribution in [2.45, 2.75) is 19.3 Å². The summed E-state index contributed by atoms with van der Waals surface area (Å²) in [6, 6.07) is 5.00. The average Bonchev–Trinajstić information content (AvgIpc) is 2.16. The number of aromatic nitrogens is 1. The van der Waals surface area contributed by atoms with Crippen molar-refractivity contribution < 1.29 is 9.90 Å². The summed E-state index contributed by atoms with van der Waals surface area (Å²) in [5.74, 6) is 0.407. The summed E-state index contributed by atoms with van der Waals surface area (Å²) in [5, 5.41) is 11.9. The molecule has 2 rings (SSSR count). The first-order valence-corrected chi connectivity index (χ1v) is 5.20. The van der Waals surface area contributed by atoms with Crippen LogP contribution < -0.4 is 5.32 Å². The van der Waals surface area contributed by atoms with Crippen molar-refractivity contribution in [3.05, 3.63) is 23.9 Å². The van der Waals surface area contributed by atoms with Crippen LogP contribution in [0.1, 0.15) is 29.8 Å². The van der Waals surface area contributed by atoms with Gasteiger partial charge in [-0.05, 0) is 30.9 Å². The Hall–Kier alpha value is -1.58. The molecule has 0 aliphatic heterocycles. The number of nitrogens with zero attached hydrogens (tertiary/aromatic N) is 1. The molecule has 4 nitrogen and oxygen atoms in total. The van der Waals surface area contributed by atoms with Crippen LogP contribution in [0.25, 0.3) is 0 Å². The van der Waals surface area contributed by atoms with E-state index in [2.05, 4.69) is 10.3 Å². The number of carboxylic acids is 1. The first kappa shape index (κ1) is 9.96. The van der Waals surface area contributed by atoms with Gasteiger partial charge in [-0.15, -0.1) is 0 Å². The Morgan fingerprint density at radius 1 is 1.53 bits per heavy atom. The molecule has 1 heterocycles. The third-order valence-corrected chi connectivity index (χ3v) is 2.76. The number of rotatable bonds is 4. The molecule has 15 heavy (non-hydrogen) atoms. The normalized spacial score (nSPS) is 15.7. The monoisotopic (exact) mass is 206 g/mol. The zero-order valence-electron chi connectivity index (χ0n) is 8.44. The van der Waals surface area contributed by atoms with Gasteiger partial charge in [0.05, 0.1) is 0 Å². The van der Waals surface area contributed by atoms with E-state index in [1.807, 2.05) is 0 Å². The fraction of sp³-hybridized carbons (Fsp3) is 0.455. The fourth-order valence-electron chi connectivity index (χ4n) is 1.60. The second-order valence-electron chi connectivity index (χ2n) is 3.89. The number of hydrogen-bond acceptors (Lipinski definition) is 3. The number of aromatic carboxylic acids is 1. The molecular weight excluding hydrogens is 192 g/mol. The zero-order chi connectivity index (χ0) is 10.7. The molecule has 0 aromatic carbocycles. The summed E-state index contributed by atoms with van der Waals surface area (Å²) < 4.78 is 0. The molecule has 1 aliphatic carbocycles. The van der Waals surface area contributed by atoms with E-state index in [1.165, 1.54) is 25.3 Å². The van der Waals surface area contributed by atoms with Gasteiger partial charge in [0.2, 0.25) is 0 Å². The Balaban J connectivity index is 1.94. The molecule has 2 N–H and O–H groups in total. The molecule has 0 spiro atoms. The number of pyridine rings is 1. The van der Waals surface area contributed by atoms with E-state index >= 15 is 0 Å². The van der Waals surface area contributed by atoms with Gasteiger partial charge in [-0.3, -0.25) is 0 Å². The highest BCUT2D eigenvalue weighted by molar-refractivity contribution is 5.85. The maximum absolute atomic E-state index is 10.7. The Bertz CT molecular complexity index is 361. The van der Waals surface area contributed by atoms with E-state index in [4.69, 9.17) is 5.11 Å². The Morgan fingerprint density at radius 3 is 2.93 bits per heavy atom. The summed E-state index contributed by atoms with van der Waals surface area (Å²) in [6.45, 7) is 0.899. The van der Waals surface area contributed by atoms with Crippen molar-refractivity contribution in [2.24, 2.45) is 5.92 Å². The highest BCUT2D eigenvalue weighted by Gasteiger charge is 2.16. The van der Waals surface area contributed by atoms with Crippen LogP contribution in [0.2, 0.25) is 0 Å². The SMILES string of the molecule is O=C(O)c1cccc(NCC2CCC2)n1. The van der Waals surface area contributed by atoms with E-state index in [9.17, 15) is 4.79 Å². The highest BCUT2D eigenvalue weighted by Crippen LogP contribution is 2.26. The lowest BCUT2D eigenvalue weighted by Crippen LogP contribution is -2.21. The minimum absolute atomic E-state index is 0.0913. The Kier molecular flexibility index (Phi) is 2.85. The van der Waals surface area contributed by atoms with Crippen LogP contribution in [0.3, 0.4) is 0 Å². The lowest BCUT2D eigenvalue weighted by Gasteiger charge is -2.25. The maximum Gasteiger partial charge on any atom is 0.354 e. The molecule has 0 unspecified atom stereocenters. The zero-order valence-corrected chi connectivity index (χ0v) is 8.44. The first-order valence-electron chi connectivity index (χ1n) is 5.20. The molecule has 0 saturated heterocycles. The molecule has 0 atom stereocenters. The van der Waals surface area contributed by atoms with Crippen molar-refractivity contribution in [1.29, 1.82) is 0 Å². The summed E-state index contributed by atoms with van der Waals surface area (Å²) in [6.07, 6.45) is 3.85. The summed E-state index contributed by atoms with van der Waals surface area (Å²) >= 11 is 0. The second kappa shape index (κ2) is 4.29. The molecular formula is C11H14N2O2. The molecule has 1 aromatic rings. The second-order valence-corrected chi connectivity index (χ2v) is 3.89. The van der Waals surface area contributed by atoms with Crippen molar-refractivity contribution >= 4 is 11.8 Å². The number of hydrogen-bond donors (Lipinski definition) is 2. The summed E-state index contributed by atoms with van der Waals surface area (Å²) in [7, 11) is 0. The minimum Gasteiger partial charge on any atom is -0.477 e. The van der Waals surface area contributed by atoms with Crippen LogP contribution in [-0.2, 0) is 0 Å². The van der Waals surface area contributed by atoms with Crippen molar-refractivity contribution in [2.75, 3.05) is 11.9 Å². The van der Waals surface area contributed by atoms with E-state index < -0.39 is 5.97 Å². The summed E-state index contributed by atoms with van der Waals surface area (Å²) in [4.78, 5) is 14.7. The van der Waals surface area contributed by atoms with Crippen LogP contribution in [0, 0.1) is 5.92 Å². The Morgan fingerprint density at radius 2 is 2.33 bits per heavy atom. The average molecular weight is 206 g/mol. The van der Waals surface area contributed by atoms with Gasteiger partial charge in [0, 0.05) is 6.54 Å². The van der Waals surface area contributed by atoms with Gasteiger partial charge in [0.15, 0.2) is 5.69 Å². The van der Waals surface area contributed by atoms with Crippen LogP contribution in [0.15, 0.2) is 18.2 Å². The smallest absolute Gasteiger partial charge is 0.354 e. The molecule has 4 heteroatoms. The molecule has 0 bridgehead atoms. The van der Waals surface area contributed by atoms with E-state index in [1.54, 1.807) is 12.1 Å². The molecule has 1 aliphatic rings. The van der Waals surface area contributed by atoms with Gasteiger partial charge >= 0.3 is 5.97 Å². The molecule has 1 saturated carbocycles. The van der Waals surface area contributed by atoms with E-state index in [0.717, 1.165) is 12.5 Å². The van der Waals surface area contributed by atoms with Crippen molar-refractivity contribution in [1.82, 2.24) is 4.98 Å². The van der Waals surface area contributed by atoms with Crippen molar-refractivity contribution in [3.8, 4) is 0 Å². The number of anilines is 1. The third kappa shape index (κ3) is 2.46. The predicted molar refractivity (Wildman–Crippen MR) is 57.0 cm³/mol. The Labute approximate surface area is 88.3 Å².